The average Bonchev–Trinajstić information content (AvgIpc) is 2.10. The van der Waals surface area contributed by atoms with Crippen LogP contribution in [0.5, 0.6) is 11.5 Å². The quantitative estimate of drug-likeness (QED) is 0.739. The largest absolute Gasteiger partial charge is 0.504 e. The number of halogens is 1. The maximum atomic E-state index is 13.1. The molecule has 0 saturated carbocycles. The van der Waals surface area contributed by atoms with Gasteiger partial charge in [-0.05, 0) is 24.6 Å². The number of benzene rings is 1. The number of aromatic hydroxyl groups is 1. The lowest BCUT2D eigenvalue weighted by atomic mass is 10.1. The standard InChI is InChI=1S/C9H12FNO2/c1-13-9-4-6(2-3-11)7(10)5-8(9)12/h4-5,12H,2-3,11H2,1H3. The molecule has 0 heterocycles. The van der Waals surface area contributed by atoms with Crippen LogP contribution in [0.15, 0.2) is 12.1 Å². The summed E-state index contributed by atoms with van der Waals surface area (Å²) in [6.45, 7) is 0.366. The first-order valence-corrected chi connectivity index (χ1v) is 3.94. The van der Waals surface area contributed by atoms with Gasteiger partial charge in [-0.2, -0.15) is 0 Å². The Labute approximate surface area is 75.9 Å². The normalized spacial score (nSPS) is 10.1. The molecule has 1 aromatic rings. The Morgan fingerprint density at radius 2 is 2.23 bits per heavy atom. The van der Waals surface area contributed by atoms with Crippen molar-refractivity contribution in [2.45, 2.75) is 6.42 Å². The van der Waals surface area contributed by atoms with Crippen molar-refractivity contribution in [1.29, 1.82) is 0 Å². The summed E-state index contributed by atoms with van der Waals surface area (Å²) in [5.41, 5.74) is 5.74. The van der Waals surface area contributed by atoms with Crippen LogP contribution in [0, 0.1) is 5.82 Å². The lowest BCUT2D eigenvalue weighted by molar-refractivity contribution is 0.370. The van der Waals surface area contributed by atoms with E-state index in [9.17, 15) is 9.50 Å². The fourth-order valence-corrected chi connectivity index (χ4v) is 1.10. The van der Waals surface area contributed by atoms with E-state index in [2.05, 4.69) is 0 Å². The molecule has 72 valence electrons. The van der Waals surface area contributed by atoms with Crippen molar-refractivity contribution in [2.75, 3.05) is 13.7 Å². The first-order chi connectivity index (χ1) is 6.19. The van der Waals surface area contributed by atoms with Crippen molar-refractivity contribution in [3.05, 3.63) is 23.5 Å². The summed E-state index contributed by atoms with van der Waals surface area (Å²) in [5.74, 6) is -0.380. The third-order valence-corrected chi connectivity index (χ3v) is 1.76. The second-order valence-electron chi connectivity index (χ2n) is 2.65. The van der Waals surface area contributed by atoms with Gasteiger partial charge in [-0.25, -0.2) is 4.39 Å². The fourth-order valence-electron chi connectivity index (χ4n) is 1.10. The zero-order valence-electron chi connectivity index (χ0n) is 7.38. The topological polar surface area (TPSA) is 55.5 Å². The first kappa shape index (κ1) is 9.80. The summed E-state index contributed by atoms with van der Waals surface area (Å²) < 4.78 is 17.9. The number of phenolic OH excluding ortho intramolecular Hbond substituents is 1. The highest BCUT2D eigenvalue weighted by molar-refractivity contribution is 5.42. The van der Waals surface area contributed by atoms with Gasteiger partial charge >= 0.3 is 0 Å². The molecular formula is C9H12FNO2. The molecule has 0 aliphatic carbocycles. The zero-order chi connectivity index (χ0) is 9.84. The molecule has 0 aliphatic rings. The summed E-state index contributed by atoms with van der Waals surface area (Å²) >= 11 is 0. The Hall–Kier alpha value is -1.29. The van der Waals surface area contributed by atoms with Crippen molar-refractivity contribution in [3.63, 3.8) is 0 Å². The number of nitrogens with two attached hydrogens (primary N) is 1. The van der Waals surface area contributed by atoms with Gasteiger partial charge in [-0.3, -0.25) is 0 Å². The van der Waals surface area contributed by atoms with Crippen LogP contribution >= 0.6 is 0 Å². The predicted molar refractivity (Wildman–Crippen MR) is 47.4 cm³/mol. The van der Waals surface area contributed by atoms with E-state index in [0.717, 1.165) is 6.07 Å². The van der Waals surface area contributed by atoms with E-state index < -0.39 is 5.82 Å². The molecule has 0 saturated heterocycles. The van der Waals surface area contributed by atoms with E-state index >= 15 is 0 Å². The van der Waals surface area contributed by atoms with Crippen LogP contribution in [-0.4, -0.2) is 18.8 Å². The molecule has 0 amide bonds. The van der Waals surface area contributed by atoms with Crippen LogP contribution in [0.1, 0.15) is 5.56 Å². The Morgan fingerprint density at radius 1 is 1.54 bits per heavy atom. The van der Waals surface area contributed by atoms with Crippen LogP contribution in [0.25, 0.3) is 0 Å². The van der Waals surface area contributed by atoms with Gasteiger partial charge in [0, 0.05) is 6.07 Å². The van der Waals surface area contributed by atoms with Crippen LogP contribution in [0.2, 0.25) is 0 Å². The van der Waals surface area contributed by atoms with E-state index in [1.54, 1.807) is 0 Å². The number of methoxy groups -OCH3 is 1. The van der Waals surface area contributed by atoms with Gasteiger partial charge in [-0.1, -0.05) is 0 Å². The highest BCUT2D eigenvalue weighted by atomic mass is 19.1. The molecule has 1 aromatic carbocycles. The minimum atomic E-state index is -0.455. The summed E-state index contributed by atoms with van der Waals surface area (Å²) in [4.78, 5) is 0. The number of ether oxygens (including phenoxy) is 1. The lowest BCUT2D eigenvalue weighted by Gasteiger charge is -2.06. The first-order valence-electron chi connectivity index (χ1n) is 3.94. The van der Waals surface area contributed by atoms with E-state index in [0.29, 0.717) is 18.5 Å². The molecule has 3 nitrogen and oxygen atoms in total. The molecule has 3 N–H and O–H groups in total. The molecule has 0 aromatic heterocycles. The highest BCUT2D eigenvalue weighted by Crippen LogP contribution is 2.28. The smallest absolute Gasteiger partial charge is 0.160 e. The van der Waals surface area contributed by atoms with Gasteiger partial charge in [0.1, 0.15) is 5.82 Å². The highest BCUT2D eigenvalue weighted by Gasteiger charge is 2.08. The third kappa shape index (κ3) is 2.09. The Morgan fingerprint density at radius 3 is 2.77 bits per heavy atom. The van der Waals surface area contributed by atoms with Gasteiger partial charge in [-0.15, -0.1) is 0 Å². The van der Waals surface area contributed by atoms with E-state index in [4.69, 9.17) is 10.5 Å². The van der Waals surface area contributed by atoms with Crippen LogP contribution < -0.4 is 10.5 Å². The van der Waals surface area contributed by atoms with Crippen LogP contribution in [0.3, 0.4) is 0 Å². The Bertz CT molecular complexity index is 302. The number of hydrogen-bond acceptors (Lipinski definition) is 3. The summed E-state index contributed by atoms with van der Waals surface area (Å²) in [5, 5.41) is 9.19. The Balaban J connectivity index is 3.06. The second-order valence-corrected chi connectivity index (χ2v) is 2.65. The molecule has 0 fully saturated rings. The molecule has 0 radical (unpaired) electrons. The zero-order valence-corrected chi connectivity index (χ0v) is 7.38. The van der Waals surface area contributed by atoms with Crippen molar-refractivity contribution in [3.8, 4) is 11.5 Å². The van der Waals surface area contributed by atoms with Crippen molar-refractivity contribution < 1.29 is 14.2 Å². The minimum Gasteiger partial charge on any atom is -0.504 e. The monoisotopic (exact) mass is 185 g/mol. The molecule has 0 bridgehead atoms. The van der Waals surface area contributed by atoms with Crippen LogP contribution in [0.4, 0.5) is 4.39 Å². The summed E-state index contributed by atoms with van der Waals surface area (Å²) in [6.07, 6.45) is 0.433. The molecule has 0 atom stereocenters. The van der Waals surface area contributed by atoms with E-state index in [-0.39, 0.29) is 11.5 Å². The fraction of sp³-hybridized carbons (Fsp3) is 0.333. The Kier molecular flexibility index (Phi) is 3.08. The molecule has 0 aliphatic heterocycles. The average molecular weight is 185 g/mol. The SMILES string of the molecule is COc1cc(CCN)c(F)cc1O. The number of phenols is 1. The molecule has 1 rings (SSSR count). The van der Waals surface area contributed by atoms with Gasteiger partial charge in [0.05, 0.1) is 7.11 Å². The molecule has 0 spiro atoms. The van der Waals surface area contributed by atoms with Crippen molar-refractivity contribution in [1.82, 2.24) is 0 Å². The lowest BCUT2D eigenvalue weighted by Crippen LogP contribution is -2.04. The van der Waals surface area contributed by atoms with Crippen molar-refractivity contribution >= 4 is 0 Å². The maximum absolute atomic E-state index is 13.1. The maximum Gasteiger partial charge on any atom is 0.160 e. The van der Waals surface area contributed by atoms with E-state index in [1.807, 2.05) is 0 Å². The van der Waals surface area contributed by atoms with Gasteiger partial charge in [0.2, 0.25) is 0 Å². The van der Waals surface area contributed by atoms with Crippen LogP contribution in [-0.2, 0) is 6.42 Å². The molecular weight excluding hydrogens is 173 g/mol. The second kappa shape index (κ2) is 4.09. The molecule has 0 unspecified atom stereocenters. The van der Waals surface area contributed by atoms with Crippen molar-refractivity contribution in [2.24, 2.45) is 5.73 Å². The number of rotatable bonds is 3. The van der Waals surface area contributed by atoms with Gasteiger partial charge in [0.25, 0.3) is 0 Å². The van der Waals surface area contributed by atoms with E-state index in [1.165, 1.54) is 13.2 Å². The molecule has 13 heavy (non-hydrogen) atoms. The summed E-state index contributed by atoms with van der Waals surface area (Å²) in [6, 6.07) is 2.49. The van der Waals surface area contributed by atoms with Gasteiger partial charge < -0.3 is 15.6 Å². The summed E-state index contributed by atoms with van der Waals surface area (Å²) in [7, 11) is 1.42. The van der Waals surface area contributed by atoms with Gasteiger partial charge in [0.15, 0.2) is 11.5 Å². The minimum absolute atomic E-state index is 0.194. The molecule has 4 heteroatoms. The number of hydrogen-bond donors (Lipinski definition) is 2. The predicted octanol–water partition coefficient (Wildman–Crippen LogP) is 1.04. The third-order valence-electron chi connectivity index (χ3n) is 1.76.